The Labute approximate surface area is 150 Å². The largest absolute Gasteiger partial charge is 0.396 e. The fraction of sp³-hybridized carbons (Fsp3) is 0.158. The number of H-pyrrole nitrogens is 1. The highest BCUT2D eigenvalue weighted by Crippen LogP contribution is 2.29. The van der Waals surface area contributed by atoms with Gasteiger partial charge in [0.15, 0.2) is 5.82 Å². The van der Waals surface area contributed by atoms with Gasteiger partial charge < -0.3 is 9.67 Å². The summed E-state index contributed by atoms with van der Waals surface area (Å²) >= 11 is 0. The third kappa shape index (κ3) is 3.25. The van der Waals surface area contributed by atoms with Gasteiger partial charge in [-0.15, -0.1) is 5.10 Å². The summed E-state index contributed by atoms with van der Waals surface area (Å²) in [5.74, 6) is 0.636. The van der Waals surface area contributed by atoms with E-state index in [1.54, 1.807) is 12.5 Å². The van der Waals surface area contributed by atoms with Crippen molar-refractivity contribution < 1.29 is 5.11 Å². The number of hydrogen-bond donors (Lipinski definition) is 2. The molecule has 2 N–H and O–H groups in total. The molecular formula is C19H18N6O. The highest BCUT2D eigenvalue weighted by Gasteiger charge is 2.10. The van der Waals surface area contributed by atoms with E-state index in [-0.39, 0.29) is 6.61 Å². The van der Waals surface area contributed by atoms with Crippen molar-refractivity contribution in [3.63, 3.8) is 0 Å². The molecule has 2 aromatic carbocycles. The van der Waals surface area contributed by atoms with Crippen LogP contribution in [0, 0.1) is 0 Å². The van der Waals surface area contributed by atoms with Crippen molar-refractivity contribution in [2.75, 3.05) is 6.61 Å². The van der Waals surface area contributed by atoms with Crippen LogP contribution in [0.4, 0.5) is 0 Å². The van der Waals surface area contributed by atoms with Crippen molar-refractivity contribution in [3.8, 4) is 28.2 Å². The maximum Gasteiger partial charge on any atom is 0.179 e. The lowest BCUT2D eigenvalue weighted by atomic mass is 9.94. The zero-order valence-corrected chi connectivity index (χ0v) is 14.1. The van der Waals surface area contributed by atoms with E-state index in [4.69, 9.17) is 0 Å². The molecule has 4 rings (SSSR count). The van der Waals surface area contributed by atoms with Gasteiger partial charge in [0, 0.05) is 30.3 Å². The Morgan fingerprint density at radius 2 is 1.88 bits per heavy atom. The summed E-state index contributed by atoms with van der Waals surface area (Å²) in [5, 5.41) is 23.3. The van der Waals surface area contributed by atoms with Crippen LogP contribution in [-0.2, 0) is 6.42 Å². The Hall–Kier alpha value is -3.32. The summed E-state index contributed by atoms with van der Waals surface area (Å²) in [6.45, 7) is 0.160. The fourth-order valence-electron chi connectivity index (χ4n) is 3.01. The first-order valence-corrected chi connectivity index (χ1v) is 8.42. The first-order valence-electron chi connectivity index (χ1n) is 8.42. The van der Waals surface area contributed by atoms with Crippen molar-refractivity contribution in [3.05, 3.63) is 66.7 Å². The third-order valence-corrected chi connectivity index (χ3v) is 4.31. The average Bonchev–Trinajstić information content (AvgIpc) is 3.40. The van der Waals surface area contributed by atoms with Gasteiger partial charge >= 0.3 is 0 Å². The number of aliphatic hydroxyl groups excluding tert-OH is 1. The van der Waals surface area contributed by atoms with Gasteiger partial charge in [-0.2, -0.15) is 0 Å². The van der Waals surface area contributed by atoms with E-state index in [0.717, 1.165) is 34.4 Å². The minimum absolute atomic E-state index is 0.160. The number of aryl methyl sites for hydroxylation is 1. The topological polar surface area (TPSA) is 92.5 Å². The summed E-state index contributed by atoms with van der Waals surface area (Å²) in [6.07, 6.45) is 6.95. The molecule has 26 heavy (non-hydrogen) atoms. The highest BCUT2D eigenvalue weighted by atomic mass is 16.2. The molecule has 0 aliphatic heterocycles. The number of rotatable bonds is 6. The van der Waals surface area contributed by atoms with Crippen LogP contribution in [0.2, 0.25) is 0 Å². The van der Waals surface area contributed by atoms with E-state index in [1.165, 1.54) is 0 Å². The van der Waals surface area contributed by atoms with Gasteiger partial charge in [0.2, 0.25) is 0 Å². The molecule has 7 heteroatoms. The molecule has 2 aromatic heterocycles. The van der Waals surface area contributed by atoms with Crippen molar-refractivity contribution in [2.24, 2.45) is 0 Å². The third-order valence-electron chi connectivity index (χ3n) is 4.31. The molecule has 4 aromatic rings. The summed E-state index contributed by atoms with van der Waals surface area (Å²) in [6, 6.07) is 14.5. The van der Waals surface area contributed by atoms with Gasteiger partial charge in [0.1, 0.15) is 0 Å². The SMILES string of the molecule is OCCCc1cc(-c2nnn[nH]2)ccc1-c1ccc(-n2ccnc2)cc1. The van der Waals surface area contributed by atoms with Crippen LogP contribution in [0.3, 0.4) is 0 Å². The van der Waals surface area contributed by atoms with Gasteiger partial charge in [0.25, 0.3) is 0 Å². The van der Waals surface area contributed by atoms with Crippen LogP contribution in [0.25, 0.3) is 28.2 Å². The van der Waals surface area contributed by atoms with Crippen LogP contribution in [0.15, 0.2) is 61.2 Å². The molecule has 0 aliphatic rings. The van der Waals surface area contributed by atoms with E-state index >= 15 is 0 Å². The van der Waals surface area contributed by atoms with Crippen LogP contribution < -0.4 is 0 Å². The number of nitrogens with one attached hydrogen (secondary N) is 1. The quantitative estimate of drug-likeness (QED) is 0.560. The lowest BCUT2D eigenvalue weighted by Crippen LogP contribution is -1.96. The van der Waals surface area contributed by atoms with Crippen LogP contribution in [-0.4, -0.2) is 41.9 Å². The second-order valence-electron chi connectivity index (χ2n) is 5.97. The monoisotopic (exact) mass is 346 g/mol. The van der Waals surface area contributed by atoms with Crippen LogP contribution >= 0.6 is 0 Å². The maximum atomic E-state index is 9.24. The fourth-order valence-corrected chi connectivity index (χ4v) is 3.01. The Bertz CT molecular complexity index is 962. The molecule has 2 heterocycles. The van der Waals surface area contributed by atoms with Crippen molar-refractivity contribution in [1.29, 1.82) is 0 Å². The molecule has 0 unspecified atom stereocenters. The van der Waals surface area contributed by atoms with E-state index in [9.17, 15) is 5.11 Å². The number of benzene rings is 2. The molecule has 0 bridgehead atoms. The van der Waals surface area contributed by atoms with E-state index in [2.05, 4.69) is 62.0 Å². The van der Waals surface area contributed by atoms with Crippen molar-refractivity contribution in [2.45, 2.75) is 12.8 Å². The van der Waals surface area contributed by atoms with Gasteiger partial charge in [-0.1, -0.05) is 24.3 Å². The molecule has 0 saturated carbocycles. The molecule has 0 radical (unpaired) electrons. The number of aromatic nitrogens is 6. The molecule has 130 valence electrons. The van der Waals surface area contributed by atoms with Crippen LogP contribution in [0.1, 0.15) is 12.0 Å². The van der Waals surface area contributed by atoms with Crippen molar-refractivity contribution >= 4 is 0 Å². The molecule has 0 atom stereocenters. The predicted molar refractivity (Wildman–Crippen MR) is 97.6 cm³/mol. The smallest absolute Gasteiger partial charge is 0.179 e. The number of tetrazole rings is 1. The average molecular weight is 346 g/mol. The summed E-state index contributed by atoms with van der Waals surface area (Å²) in [5.41, 5.74) is 5.42. The minimum atomic E-state index is 0.160. The van der Waals surface area contributed by atoms with Gasteiger partial charge in [0.05, 0.1) is 6.33 Å². The Morgan fingerprint density at radius 1 is 1.04 bits per heavy atom. The van der Waals surface area contributed by atoms with E-state index in [1.807, 2.05) is 16.8 Å². The van der Waals surface area contributed by atoms with Gasteiger partial charge in [-0.25, -0.2) is 10.1 Å². The van der Waals surface area contributed by atoms with E-state index < -0.39 is 0 Å². The molecule has 0 spiro atoms. The zero-order valence-electron chi connectivity index (χ0n) is 14.1. The number of imidazole rings is 1. The molecule has 7 nitrogen and oxygen atoms in total. The number of aromatic amines is 1. The molecule has 0 saturated heterocycles. The van der Waals surface area contributed by atoms with Crippen LogP contribution in [0.5, 0.6) is 0 Å². The molecule has 0 amide bonds. The second-order valence-corrected chi connectivity index (χ2v) is 5.97. The standard InChI is InChI=1S/C19H18N6O/c26-11-1-2-15-12-16(19-21-23-24-22-19)5-8-18(15)14-3-6-17(7-4-14)25-10-9-20-13-25/h3-10,12-13,26H,1-2,11H2,(H,21,22,23,24). The normalized spacial score (nSPS) is 11.0. The van der Waals surface area contributed by atoms with Crippen molar-refractivity contribution in [1.82, 2.24) is 30.2 Å². The lowest BCUT2D eigenvalue weighted by Gasteiger charge is -2.12. The predicted octanol–water partition coefficient (Wildman–Crippen LogP) is 2.64. The summed E-state index contributed by atoms with van der Waals surface area (Å²) < 4.78 is 1.97. The maximum absolute atomic E-state index is 9.24. The van der Waals surface area contributed by atoms with E-state index in [0.29, 0.717) is 12.2 Å². The highest BCUT2D eigenvalue weighted by molar-refractivity contribution is 5.72. The zero-order chi connectivity index (χ0) is 17.8. The Morgan fingerprint density at radius 3 is 2.58 bits per heavy atom. The molecule has 0 fully saturated rings. The minimum Gasteiger partial charge on any atom is -0.396 e. The molecule has 0 aliphatic carbocycles. The van der Waals surface area contributed by atoms with Gasteiger partial charge in [-0.05, 0) is 58.2 Å². The number of nitrogens with zero attached hydrogens (tertiary/aromatic N) is 5. The number of aliphatic hydroxyl groups is 1. The molecular weight excluding hydrogens is 328 g/mol. The second kappa shape index (κ2) is 7.28. The first-order chi connectivity index (χ1) is 12.8. The number of hydrogen-bond acceptors (Lipinski definition) is 5. The summed E-state index contributed by atoms with van der Waals surface area (Å²) in [4.78, 5) is 4.08. The Kier molecular flexibility index (Phi) is 4.53. The summed E-state index contributed by atoms with van der Waals surface area (Å²) in [7, 11) is 0. The lowest BCUT2D eigenvalue weighted by molar-refractivity contribution is 0.288. The Balaban J connectivity index is 1.70. The van der Waals surface area contributed by atoms with Gasteiger partial charge in [-0.3, -0.25) is 0 Å². The first kappa shape index (κ1) is 16.2.